The first kappa shape index (κ1) is 11.6. The van der Waals surface area contributed by atoms with Gasteiger partial charge in [-0.15, -0.1) is 11.8 Å². The summed E-state index contributed by atoms with van der Waals surface area (Å²) in [7, 11) is 0. The third-order valence-corrected chi connectivity index (χ3v) is 2.92. The number of pyridine rings is 1. The zero-order valence-electron chi connectivity index (χ0n) is 9.90. The average Bonchev–Trinajstić information content (AvgIpc) is 3.03. The maximum atomic E-state index is 5.70. The second-order valence-electron chi connectivity index (χ2n) is 4.16. The lowest BCUT2D eigenvalue weighted by atomic mass is 10.4. The van der Waals surface area contributed by atoms with Gasteiger partial charge < -0.3 is 9.47 Å². The average molecular weight is 239 g/mol. The molecule has 1 saturated carbocycles. The van der Waals surface area contributed by atoms with Gasteiger partial charge in [0, 0.05) is 6.07 Å². The van der Waals surface area contributed by atoms with E-state index in [4.69, 9.17) is 9.47 Å². The monoisotopic (exact) mass is 239 g/mol. The van der Waals surface area contributed by atoms with E-state index in [9.17, 15) is 0 Å². The molecule has 1 aromatic rings. The number of rotatable bonds is 5. The lowest BCUT2D eigenvalue weighted by Gasteiger charge is -2.13. The van der Waals surface area contributed by atoms with E-state index in [0.29, 0.717) is 12.0 Å². The second-order valence-corrected chi connectivity index (χ2v) is 5.01. The lowest BCUT2D eigenvalue weighted by Crippen LogP contribution is -2.08. The van der Waals surface area contributed by atoms with Crippen LogP contribution >= 0.6 is 11.8 Å². The highest BCUT2D eigenvalue weighted by atomic mass is 32.2. The van der Waals surface area contributed by atoms with Crippen molar-refractivity contribution >= 4 is 11.8 Å². The summed E-state index contributed by atoms with van der Waals surface area (Å²) in [5, 5.41) is 0. The van der Waals surface area contributed by atoms with Gasteiger partial charge in [-0.2, -0.15) is 0 Å². The number of nitrogens with zero attached hydrogens (tertiary/aromatic N) is 1. The Balaban J connectivity index is 2.12. The van der Waals surface area contributed by atoms with Gasteiger partial charge in [0.2, 0.25) is 5.88 Å². The topological polar surface area (TPSA) is 31.4 Å². The molecular formula is C12H17NO2S. The summed E-state index contributed by atoms with van der Waals surface area (Å²) in [6, 6.07) is 2.01. The number of aromatic nitrogens is 1. The lowest BCUT2D eigenvalue weighted by molar-refractivity contribution is 0.224. The Labute approximate surface area is 101 Å². The Hall–Kier alpha value is -0.900. The first-order valence-electron chi connectivity index (χ1n) is 5.56. The van der Waals surface area contributed by atoms with Crippen LogP contribution < -0.4 is 9.47 Å². The Morgan fingerprint density at radius 2 is 2.19 bits per heavy atom. The SMILES string of the molecule is CSc1cc(OC2CC2)cnc1OC(C)C. The van der Waals surface area contributed by atoms with Gasteiger partial charge in [-0.1, -0.05) is 0 Å². The molecule has 88 valence electrons. The molecule has 0 saturated heterocycles. The fourth-order valence-corrected chi connectivity index (χ4v) is 1.82. The number of ether oxygens (including phenoxy) is 2. The van der Waals surface area contributed by atoms with Crippen molar-refractivity contribution in [2.24, 2.45) is 0 Å². The standard InChI is InChI=1S/C12H17NO2S/c1-8(2)14-12-11(16-3)6-10(7-13-12)15-9-4-5-9/h6-9H,4-5H2,1-3H3. The molecular weight excluding hydrogens is 222 g/mol. The smallest absolute Gasteiger partial charge is 0.227 e. The summed E-state index contributed by atoms with van der Waals surface area (Å²) in [6.45, 7) is 4.00. The molecule has 0 N–H and O–H groups in total. The third-order valence-electron chi connectivity index (χ3n) is 2.19. The summed E-state index contributed by atoms with van der Waals surface area (Å²) in [4.78, 5) is 5.34. The number of hydrogen-bond donors (Lipinski definition) is 0. The van der Waals surface area contributed by atoms with Gasteiger partial charge in [0.1, 0.15) is 5.75 Å². The number of hydrogen-bond acceptors (Lipinski definition) is 4. The quantitative estimate of drug-likeness (QED) is 0.739. The number of thioether (sulfide) groups is 1. The highest BCUT2D eigenvalue weighted by Gasteiger charge is 2.24. The van der Waals surface area contributed by atoms with Gasteiger partial charge in [0.05, 0.1) is 23.3 Å². The molecule has 0 atom stereocenters. The van der Waals surface area contributed by atoms with Crippen LogP contribution in [0.4, 0.5) is 0 Å². The van der Waals surface area contributed by atoms with Crippen molar-refractivity contribution in [3.8, 4) is 11.6 Å². The summed E-state index contributed by atoms with van der Waals surface area (Å²) in [5.74, 6) is 1.55. The second kappa shape index (κ2) is 4.95. The van der Waals surface area contributed by atoms with E-state index in [2.05, 4.69) is 4.98 Å². The van der Waals surface area contributed by atoms with Crippen LogP contribution in [0.3, 0.4) is 0 Å². The molecule has 1 heterocycles. The minimum absolute atomic E-state index is 0.147. The van der Waals surface area contributed by atoms with Gasteiger partial charge in [0.25, 0.3) is 0 Å². The van der Waals surface area contributed by atoms with E-state index < -0.39 is 0 Å². The Bertz CT molecular complexity index is 364. The van der Waals surface area contributed by atoms with Crippen molar-refractivity contribution in [1.29, 1.82) is 0 Å². The van der Waals surface area contributed by atoms with E-state index in [0.717, 1.165) is 10.6 Å². The van der Waals surface area contributed by atoms with Crippen LogP contribution in [0.1, 0.15) is 26.7 Å². The highest BCUT2D eigenvalue weighted by Crippen LogP contribution is 2.32. The predicted molar refractivity (Wildman–Crippen MR) is 65.4 cm³/mol. The van der Waals surface area contributed by atoms with Gasteiger partial charge in [0.15, 0.2) is 0 Å². The van der Waals surface area contributed by atoms with Crippen LogP contribution in [0.25, 0.3) is 0 Å². The molecule has 1 fully saturated rings. The minimum atomic E-state index is 0.147. The molecule has 0 spiro atoms. The maximum Gasteiger partial charge on any atom is 0.227 e. The Morgan fingerprint density at radius 3 is 2.75 bits per heavy atom. The molecule has 3 nitrogen and oxygen atoms in total. The Kier molecular flexibility index (Phi) is 3.59. The first-order chi connectivity index (χ1) is 7.69. The molecule has 0 unspecified atom stereocenters. The largest absolute Gasteiger partial charge is 0.489 e. The van der Waals surface area contributed by atoms with Crippen LogP contribution in [0, 0.1) is 0 Å². The van der Waals surface area contributed by atoms with Crippen molar-refractivity contribution in [3.63, 3.8) is 0 Å². The highest BCUT2D eigenvalue weighted by molar-refractivity contribution is 7.98. The molecule has 1 aromatic heterocycles. The zero-order chi connectivity index (χ0) is 11.5. The van der Waals surface area contributed by atoms with E-state index in [1.165, 1.54) is 12.8 Å². The molecule has 1 aliphatic carbocycles. The van der Waals surface area contributed by atoms with E-state index in [-0.39, 0.29) is 6.10 Å². The fraction of sp³-hybridized carbons (Fsp3) is 0.583. The first-order valence-corrected chi connectivity index (χ1v) is 6.79. The van der Waals surface area contributed by atoms with E-state index >= 15 is 0 Å². The van der Waals surface area contributed by atoms with Crippen molar-refractivity contribution in [2.45, 2.75) is 43.8 Å². The van der Waals surface area contributed by atoms with E-state index in [1.54, 1.807) is 18.0 Å². The summed E-state index contributed by atoms with van der Waals surface area (Å²) in [5.41, 5.74) is 0. The zero-order valence-corrected chi connectivity index (χ0v) is 10.7. The summed E-state index contributed by atoms with van der Waals surface area (Å²) < 4.78 is 11.3. The van der Waals surface area contributed by atoms with Crippen LogP contribution in [0.5, 0.6) is 11.6 Å². The van der Waals surface area contributed by atoms with Gasteiger partial charge >= 0.3 is 0 Å². The molecule has 0 amide bonds. The van der Waals surface area contributed by atoms with Crippen LogP contribution in [0.15, 0.2) is 17.2 Å². The molecule has 0 aliphatic heterocycles. The molecule has 0 bridgehead atoms. The fourth-order valence-electron chi connectivity index (χ4n) is 1.31. The maximum absolute atomic E-state index is 5.70. The van der Waals surface area contributed by atoms with Crippen molar-refractivity contribution in [2.75, 3.05) is 6.26 Å². The van der Waals surface area contributed by atoms with Gasteiger partial charge in [-0.25, -0.2) is 4.98 Å². The molecule has 1 aliphatic rings. The molecule has 2 rings (SSSR count). The summed E-state index contributed by atoms with van der Waals surface area (Å²) >= 11 is 1.63. The van der Waals surface area contributed by atoms with Crippen LogP contribution in [0.2, 0.25) is 0 Å². The van der Waals surface area contributed by atoms with Gasteiger partial charge in [-0.05, 0) is 32.9 Å². The van der Waals surface area contributed by atoms with Crippen LogP contribution in [-0.2, 0) is 0 Å². The molecule has 16 heavy (non-hydrogen) atoms. The normalized spacial score (nSPS) is 15.2. The third kappa shape index (κ3) is 3.04. The van der Waals surface area contributed by atoms with Crippen molar-refractivity contribution < 1.29 is 9.47 Å². The van der Waals surface area contributed by atoms with Gasteiger partial charge in [-0.3, -0.25) is 0 Å². The predicted octanol–water partition coefficient (Wildman–Crippen LogP) is 3.13. The van der Waals surface area contributed by atoms with Crippen molar-refractivity contribution in [1.82, 2.24) is 4.98 Å². The minimum Gasteiger partial charge on any atom is -0.489 e. The summed E-state index contributed by atoms with van der Waals surface area (Å²) in [6.07, 6.45) is 6.65. The Morgan fingerprint density at radius 1 is 1.44 bits per heavy atom. The van der Waals surface area contributed by atoms with Crippen LogP contribution in [-0.4, -0.2) is 23.4 Å². The molecule has 4 heteroatoms. The van der Waals surface area contributed by atoms with Crippen molar-refractivity contribution in [3.05, 3.63) is 12.3 Å². The molecule has 0 radical (unpaired) electrons. The van der Waals surface area contributed by atoms with E-state index in [1.807, 2.05) is 26.2 Å². The molecule has 0 aromatic carbocycles.